The first kappa shape index (κ1) is 12.5. The Hall–Kier alpha value is -1.92. The molecule has 0 atom stereocenters. The third-order valence-electron chi connectivity index (χ3n) is 2.40. The largest absolute Gasteiger partial charge is 0.485 e. The van der Waals surface area contributed by atoms with Crippen molar-refractivity contribution in [2.24, 2.45) is 5.73 Å². The van der Waals surface area contributed by atoms with E-state index < -0.39 is 0 Å². The van der Waals surface area contributed by atoms with Gasteiger partial charge in [0.1, 0.15) is 5.75 Å². The summed E-state index contributed by atoms with van der Waals surface area (Å²) in [6, 6.07) is 7.53. The Labute approximate surface area is 104 Å². The Kier molecular flexibility index (Phi) is 4.27. The molecule has 0 aliphatic heterocycles. The van der Waals surface area contributed by atoms with E-state index in [1.54, 1.807) is 0 Å². The molecule has 1 heterocycles. The number of aliphatic hydroxyl groups excluding tert-OH is 1. The third-order valence-corrected chi connectivity index (χ3v) is 2.40. The number of nitrogens with two attached hydrogens (primary N) is 1. The highest BCUT2D eigenvalue weighted by molar-refractivity contribution is 5.33. The van der Waals surface area contributed by atoms with Crippen LogP contribution in [0.4, 0.5) is 0 Å². The highest BCUT2D eigenvalue weighted by Gasteiger charge is 2.07. The molecule has 0 aliphatic rings. The van der Waals surface area contributed by atoms with E-state index in [9.17, 15) is 0 Å². The summed E-state index contributed by atoms with van der Waals surface area (Å²) in [6.45, 7) is 0.514. The van der Waals surface area contributed by atoms with Crippen molar-refractivity contribution in [1.82, 2.24) is 10.1 Å². The molecule has 2 aromatic rings. The predicted molar refractivity (Wildman–Crippen MR) is 63.8 cm³/mol. The minimum Gasteiger partial charge on any atom is -0.485 e. The van der Waals surface area contributed by atoms with E-state index in [4.69, 9.17) is 20.1 Å². The van der Waals surface area contributed by atoms with Gasteiger partial charge in [0.25, 0.3) is 0 Å². The Bertz CT molecular complexity index is 499. The average molecular weight is 249 g/mol. The molecule has 0 aliphatic carbocycles. The third kappa shape index (κ3) is 3.06. The fourth-order valence-electron chi connectivity index (χ4n) is 1.55. The van der Waals surface area contributed by atoms with Gasteiger partial charge in [-0.25, -0.2) is 0 Å². The molecule has 0 radical (unpaired) electrons. The van der Waals surface area contributed by atoms with Crippen LogP contribution in [0.3, 0.4) is 0 Å². The van der Waals surface area contributed by atoms with Gasteiger partial charge in [0, 0.05) is 6.61 Å². The number of benzene rings is 1. The van der Waals surface area contributed by atoms with E-state index >= 15 is 0 Å². The summed E-state index contributed by atoms with van der Waals surface area (Å²) in [6.07, 6.45) is 0.552. The van der Waals surface area contributed by atoms with Gasteiger partial charge in [0.05, 0.1) is 6.54 Å². The lowest BCUT2D eigenvalue weighted by molar-refractivity contribution is 0.273. The Balaban J connectivity index is 2.01. The van der Waals surface area contributed by atoms with Gasteiger partial charge in [-0.05, 0) is 18.1 Å². The smallest absolute Gasteiger partial charge is 0.240 e. The fourth-order valence-corrected chi connectivity index (χ4v) is 1.55. The lowest BCUT2D eigenvalue weighted by atomic mass is 10.1. The number of aromatic nitrogens is 2. The molecule has 2 rings (SSSR count). The normalized spacial score (nSPS) is 10.6. The molecule has 0 saturated heterocycles. The topological polar surface area (TPSA) is 94.4 Å². The summed E-state index contributed by atoms with van der Waals surface area (Å²) in [4.78, 5) is 4.04. The molecule has 1 aromatic carbocycles. The summed E-state index contributed by atoms with van der Waals surface area (Å²) < 4.78 is 10.5. The minimum atomic E-state index is 0.0832. The first-order valence-corrected chi connectivity index (χ1v) is 5.66. The molecule has 18 heavy (non-hydrogen) atoms. The van der Waals surface area contributed by atoms with Crippen molar-refractivity contribution < 1.29 is 14.4 Å². The predicted octanol–water partition coefficient (Wildman–Crippen LogP) is 0.642. The van der Waals surface area contributed by atoms with Crippen LogP contribution in [0.25, 0.3) is 0 Å². The maximum atomic E-state index is 8.96. The number of hydrogen-bond acceptors (Lipinski definition) is 6. The minimum absolute atomic E-state index is 0.0832. The Morgan fingerprint density at radius 2 is 2.17 bits per heavy atom. The van der Waals surface area contributed by atoms with Crippen LogP contribution in [0.1, 0.15) is 17.3 Å². The number of hydrogen-bond donors (Lipinski definition) is 2. The quantitative estimate of drug-likeness (QED) is 0.780. The van der Waals surface area contributed by atoms with Gasteiger partial charge >= 0.3 is 0 Å². The summed E-state index contributed by atoms with van der Waals surface area (Å²) in [5, 5.41) is 12.7. The Morgan fingerprint density at radius 3 is 2.89 bits per heavy atom. The molecule has 0 spiro atoms. The van der Waals surface area contributed by atoms with Crippen LogP contribution in [0.15, 0.2) is 28.8 Å². The first-order chi connectivity index (χ1) is 8.83. The number of aliphatic hydroxyl groups is 1. The molecule has 6 nitrogen and oxygen atoms in total. The van der Waals surface area contributed by atoms with E-state index in [1.807, 2.05) is 24.3 Å². The van der Waals surface area contributed by atoms with E-state index in [2.05, 4.69) is 10.1 Å². The van der Waals surface area contributed by atoms with Crippen molar-refractivity contribution in [1.29, 1.82) is 0 Å². The zero-order valence-corrected chi connectivity index (χ0v) is 9.87. The van der Waals surface area contributed by atoms with Gasteiger partial charge in [-0.3, -0.25) is 0 Å². The Morgan fingerprint density at radius 1 is 1.33 bits per heavy atom. The number of nitrogens with zero attached hydrogens (tertiary/aromatic N) is 2. The molecule has 6 heteroatoms. The van der Waals surface area contributed by atoms with E-state index in [1.165, 1.54) is 0 Å². The van der Waals surface area contributed by atoms with Crippen LogP contribution >= 0.6 is 0 Å². The summed E-state index contributed by atoms with van der Waals surface area (Å²) in [5.74, 6) is 1.55. The summed E-state index contributed by atoms with van der Waals surface area (Å²) in [5.41, 5.74) is 6.32. The highest BCUT2D eigenvalue weighted by Crippen LogP contribution is 2.19. The van der Waals surface area contributed by atoms with Crippen LogP contribution < -0.4 is 10.5 Å². The number of para-hydroxylation sites is 1. The molecular weight excluding hydrogens is 234 g/mol. The van der Waals surface area contributed by atoms with Crippen LogP contribution in [-0.2, 0) is 19.6 Å². The second-order valence-corrected chi connectivity index (χ2v) is 3.68. The standard InChI is InChI=1S/C12H15N3O3/c13-7-12-14-11(15-18-12)8-17-10-4-2-1-3-9(10)5-6-16/h1-4,16H,5-8,13H2. The lowest BCUT2D eigenvalue weighted by Gasteiger charge is -2.08. The second kappa shape index (κ2) is 6.13. The van der Waals surface area contributed by atoms with Crippen molar-refractivity contribution in [2.45, 2.75) is 19.6 Å². The highest BCUT2D eigenvalue weighted by atomic mass is 16.5. The summed E-state index contributed by atoms with van der Waals surface area (Å²) in [7, 11) is 0. The van der Waals surface area contributed by atoms with E-state index in [-0.39, 0.29) is 19.8 Å². The molecule has 3 N–H and O–H groups in total. The number of ether oxygens (including phenoxy) is 1. The summed E-state index contributed by atoms with van der Waals surface area (Å²) >= 11 is 0. The van der Waals surface area contributed by atoms with Gasteiger partial charge in [-0.1, -0.05) is 23.4 Å². The molecule has 1 aromatic heterocycles. The fraction of sp³-hybridized carbons (Fsp3) is 0.333. The zero-order valence-electron chi connectivity index (χ0n) is 9.87. The van der Waals surface area contributed by atoms with Crippen molar-refractivity contribution >= 4 is 0 Å². The van der Waals surface area contributed by atoms with Gasteiger partial charge in [-0.2, -0.15) is 4.98 Å². The molecule has 0 unspecified atom stereocenters. The van der Waals surface area contributed by atoms with Crippen LogP contribution in [0, 0.1) is 0 Å². The lowest BCUT2D eigenvalue weighted by Crippen LogP contribution is -2.02. The van der Waals surface area contributed by atoms with Crippen molar-refractivity contribution in [3.8, 4) is 5.75 Å². The van der Waals surface area contributed by atoms with Gasteiger partial charge in [0.15, 0.2) is 6.61 Å². The molecule has 0 amide bonds. The van der Waals surface area contributed by atoms with Crippen LogP contribution in [-0.4, -0.2) is 21.9 Å². The van der Waals surface area contributed by atoms with Gasteiger partial charge in [-0.15, -0.1) is 0 Å². The van der Waals surface area contributed by atoms with Crippen LogP contribution in [0.5, 0.6) is 5.75 Å². The molecule has 0 fully saturated rings. The monoisotopic (exact) mass is 249 g/mol. The van der Waals surface area contributed by atoms with Crippen molar-refractivity contribution in [3.63, 3.8) is 0 Å². The van der Waals surface area contributed by atoms with Gasteiger partial charge in [0.2, 0.25) is 11.7 Å². The molecular formula is C12H15N3O3. The number of rotatable bonds is 6. The first-order valence-electron chi connectivity index (χ1n) is 5.66. The zero-order chi connectivity index (χ0) is 12.8. The molecule has 0 saturated carbocycles. The maximum absolute atomic E-state index is 8.96. The molecule has 0 bridgehead atoms. The van der Waals surface area contributed by atoms with Gasteiger partial charge < -0.3 is 20.1 Å². The van der Waals surface area contributed by atoms with Crippen LogP contribution in [0.2, 0.25) is 0 Å². The molecule has 96 valence electrons. The second-order valence-electron chi connectivity index (χ2n) is 3.68. The average Bonchev–Trinajstić information content (AvgIpc) is 2.86. The maximum Gasteiger partial charge on any atom is 0.240 e. The van der Waals surface area contributed by atoms with Crippen molar-refractivity contribution in [2.75, 3.05) is 6.61 Å². The van der Waals surface area contributed by atoms with Crippen molar-refractivity contribution in [3.05, 3.63) is 41.5 Å². The SMILES string of the molecule is NCc1nc(COc2ccccc2CCO)no1. The van der Waals surface area contributed by atoms with E-state index in [0.717, 1.165) is 5.56 Å². The van der Waals surface area contributed by atoms with E-state index in [0.29, 0.717) is 23.9 Å².